The minimum absolute atomic E-state index is 0.0441. The predicted molar refractivity (Wildman–Crippen MR) is 123 cm³/mol. The number of nitrogens with zero attached hydrogens (tertiary/aromatic N) is 3. The number of hydrogen-bond donors (Lipinski definition) is 1. The molecule has 0 radical (unpaired) electrons. The van der Waals surface area contributed by atoms with E-state index in [1.54, 1.807) is 12.0 Å². The van der Waals surface area contributed by atoms with Gasteiger partial charge in [-0.3, -0.25) is 9.59 Å². The molecule has 0 aliphatic carbocycles. The summed E-state index contributed by atoms with van der Waals surface area (Å²) in [5.41, 5.74) is 2.61. The number of carbonyl (C=O) groups excluding carboxylic acids is 2. The molecule has 4 rings (SSSR count). The standard InChI is InChI=1S/C24H30N4O3/c1-3-26-11-13-27(14-12-26)22-10-5-4-9-21(22)25-24(30)18-15-23(29)28(17-18)19-7-6-8-20(16-19)31-2/h4-10,16,18H,3,11-15,17H2,1-2H3,(H,25,30). The molecule has 0 saturated carbocycles. The van der Waals surface area contributed by atoms with Gasteiger partial charge in [0.05, 0.1) is 24.4 Å². The van der Waals surface area contributed by atoms with Crippen molar-refractivity contribution >= 4 is 28.9 Å². The Morgan fingerprint density at radius 2 is 1.87 bits per heavy atom. The molecule has 2 aliphatic rings. The van der Waals surface area contributed by atoms with Gasteiger partial charge in [0.2, 0.25) is 11.8 Å². The van der Waals surface area contributed by atoms with Crippen LogP contribution < -0.4 is 19.9 Å². The van der Waals surface area contributed by atoms with Crippen LogP contribution in [0.3, 0.4) is 0 Å². The van der Waals surface area contributed by atoms with E-state index in [9.17, 15) is 9.59 Å². The quantitative estimate of drug-likeness (QED) is 0.776. The fourth-order valence-corrected chi connectivity index (χ4v) is 4.31. The van der Waals surface area contributed by atoms with Crippen molar-refractivity contribution in [3.8, 4) is 5.75 Å². The summed E-state index contributed by atoms with van der Waals surface area (Å²) < 4.78 is 5.26. The molecular weight excluding hydrogens is 392 g/mol. The Hall–Kier alpha value is -3.06. The molecule has 1 atom stereocenters. The molecule has 2 aromatic rings. The smallest absolute Gasteiger partial charge is 0.229 e. The minimum atomic E-state index is -0.385. The molecule has 31 heavy (non-hydrogen) atoms. The summed E-state index contributed by atoms with van der Waals surface area (Å²) in [6.07, 6.45) is 0.209. The van der Waals surface area contributed by atoms with Crippen molar-refractivity contribution in [2.45, 2.75) is 13.3 Å². The number of carbonyl (C=O) groups is 2. The molecule has 7 nitrogen and oxygen atoms in total. The van der Waals surface area contributed by atoms with Crippen LogP contribution in [0.5, 0.6) is 5.75 Å². The third-order valence-electron chi connectivity index (χ3n) is 6.18. The van der Waals surface area contributed by atoms with Crippen molar-refractivity contribution in [3.63, 3.8) is 0 Å². The maximum Gasteiger partial charge on any atom is 0.229 e. The van der Waals surface area contributed by atoms with Crippen LogP contribution in [0, 0.1) is 5.92 Å². The summed E-state index contributed by atoms with van der Waals surface area (Å²) in [5.74, 6) is 0.148. The Balaban J connectivity index is 1.44. The first-order chi connectivity index (χ1) is 15.1. The minimum Gasteiger partial charge on any atom is -0.497 e. The van der Waals surface area contributed by atoms with Gasteiger partial charge in [0.15, 0.2) is 0 Å². The fourth-order valence-electron chi connectivity index (χ4n) is 4.31. The largest absolute Gasteiger partial charge is 0.497 e. The highest BCUT2D eigenvalue weighted by Crippen LogP contribution is 2.31. The van der Waals surface area contributed by atoms with Crippen LogP contribution in [-0.4, -0.2) is 63.1 Å². The Kier molecular flexibility index (Phi) is 6.42. The number of benzene rings is 2. The first kappa shape index (κ1) is 21.2. The van der Waals surface area contributed by atoms with Gasteiger partial charge in [-0.1, -0.05) is 25.1 Å². The van der Waals surface area contributed by atoms with E-state index in [4.69, 9.17) is 4.74 Å². The summed E-state index contributed by atoms with van der Waals surface area (Å²) in [5, 5.41) is 3.09. The predicted octanol–water partition coefficient (Wildman–Crippen LogP) is 2.83. The number of likely N-dealkylation sites (N-methyl/N-ethyl adjacent to an activating group) is 1. The van der Waals surface area contributed by atoms with Crippen LogP contribution in [-0.2, 0) is 9.59 Å². The van der Waals surface area contributed by atoms with Gasteiger partial charge in [-0.2, -0.15) is 0 Å². The van der Waals surface area contributed by atoms with Crippen LogP contribution in [0.1, 0.15) is 13.3 Å². The average molecular weight is 423 g/mol. The molecule has 2 fully saturated rings. The van der Waals surface area contributed by atoms with E-state index < -0.39 is 0 Å². The molecule has 2 aliphatic heterocycles. The Morgan fingerprint density at radius 1 is 1.10 bits per heavy atom. The molecule has 2 amide bonds. The third-order valence-corrected chi connectivity index (χ3v) is 6.18. The number of rotatable bonds is 6. The van der Waals surface area contributed by atoms with Gasteiger partial charge in [-0.05, 0) is 30.8 Å². The van der Waals surface area contributed by atoms with E-state index in [1.165, 1.54) is 0 Å². The van der Waals surface area contributed by atoms with Gasteiger partial charge in [-0.15, -0.1) is 0 Å². The lowest BCUT2D eigenvalue weighted by molar-refractivity contribution is -0.122. The number of nitrogens with one attached hydrogen (secondary N) is 1. The zero-order chi connectivity index (χ0) is 21.8. The fraction of sp³-hybridized carbons (Fsp3) is 0.417. The monoisotopic (exact) mass is 422 g/mol. The number of methoxy groups -OCH3 is 1. The van der Waals surface area contributed by atoms with E-state index in [2.05, 4.69) is 28.1 Å². The van der Waals surface area contributed by atoms with Crippen molar-refractivity contribution in [2.75, 3.05) is 61.5 Å². The lowest BCUT2D eigenvalue weighted by Crippen LogP contribution is -2.46. The van der Waals surface area contributed by atoms with Gasteiger partial charge in [0.1, 0.15) is 5.75 Å². The van der Waals surface area contributed by atoms with Gasteiger partial charge in [-0.25, -0.2) is 0 Å². The lowest BCUT2D eigenvalue weighted by Gasteiger charge is -2.36. The van der Waals surface area contributed by atoms with E-state index >= 15 is 0 Å². The molecule has 0 spiro atoms. The highest BCUT2D eigenvalue weighted by atomic mass is 16.5. The summed E-state index contributed by atoms with van der Waals surface area (Å²) in [7, 11) is 1.60. The van der Waals surface area contributed by atoms with E-state index in [-0.39, 0.29) is 24.2 Å². The van der Waals surface area contributed by atoms with Crippen molar-refractivity contribution in [3.05, 3.63) is 48.5 Å². The first-order valence-corrected chi connectivity index (χ1v) is 10.9. The number of piperazine rings is 1. The van der Waals surface area contributed by atoms with E-state index in [1.807, 2.05) is 42.5 Å². The van der Waals surface area contributed by atoms with Crippen molar-refractivity contribution in [1.29, 1.82) is 0 Å². The number of anilines is 3. The number of amides is 2. The maximum atomic E-state index is 13.1. The van der Waals surface area contributed by atoms with Crippen LogP contribution in [0.25, 0.3) is 0 Å². The Bertz CT molecular complexity index is 940. The molecule has 2 aromatic carbocycles. The molecule has 0 aromatic heterocycles. The first-order valence-electron chi connectivity index (χ1n) is 10.9. The SMILES string of the molecule is CCN1CCN(c2ccccc2NC(=O)C2CC(=O)N(c3cccc(OC)c3)C2)CC1. The zero-order valence-corrected chi connectivity index (χ0v) is 18.2. The van der Waals surface area contributed by atoms with E-state index in [0.29, 0.717) is 12.3 Å². The van der Waals surface area contributed by atoms with E-state index in [0.717, 1.165) is 49.8 Å². The highest BCUT2D eigenvalue weighted by molar-refractivity contribution is 6.04. The lowest BCUT2D eigenvalue weighted by atomic mass is 10.1. The second kappa shape index (κ2) is 9.39. The molecular formula is C24H30N4O3. The topological polar surface area (TPSA) is 65.1 Å². The summed E-state index contributed by atoms with van der Waals surface area (Å²) in [4.78, 5) is 32.1. The average Bonchev–Trinajstić information content (AvgIpc) is 3.21. The second-order valence-corrected chi connectivity index (χ2v) is 8.03. The molecule has 2 heterocycles. The molecule has 1 unspecified atom stereocenters. The Labute approximate surface area is 183 Å². The van der Waals surface area contributed by atoms with Gasteiger partial charge >= 0.3 is 0 Å². The number of ether oxygens (including phenoxy) is 1. The van der Waals surface area contributed by atoms with Crippen molar-refractivity contribution in [1.82, 2.24) is 4.90 Å². The van der Waals surface area contributed by atoms with Crippen molar-refractivity contribution in [2.24, 2.45) is 5.92 Å². The molecule has 1 N–H and O–H groups in total. The van der Waals surface area contributed by atoms with Gasteiger partial charge in [0, 0.05) is 50.9 Å². The molecule has 7 heteroatoms. The van der Waals surface area contributed by atoms with Crippen LogP contribution in [0.4, 0.5) is 17.1 Å². The van der Waals surface area contributed by atoms with Crippen LogP contribution >= 0.6 is 0 Å². The maximum absolute atomic E-state index is 13.1. The van der Waals surface area contributed by atoms with Gasteiger partial charge in [0.25, 0.3) is 0 Å². The van der Waals surface area contributed by atoms with Crippen LogP contribution in [0.2, 0.25) is 0 Å². The zero-order valence-electron chi connectivity index (χ0n) is 18.2. The van der Waals surface area contributed by atoms with Crippen molar-refractivity contribution < 1.29 is 14.3 Å². The molecule has 164 valence electrons. The number of hydrogen-bond acceptors (Lipinski definition) is 5. The molecule has 2 saturated heterocycles. The Morgan fingerprint density at radius 3 is 2.61 bits per heavy atom. The van der Waals surface area contributed by atoms with Gasteiger partial charge < -0.3 is 24.8 Å². The second-order valence-electron chi connectivity index (χ2n) is 8.03. The highest BCUT2D eigenvalue weighted by Gasteiger charge is 2.35. The third kappa shape index (κ3) is 4.66. The molecule has 0 bridgehead atoms. The number of para-hydroxylation sites is 2. The van der Waals surface area contributed by atoms with Crippen LogP contribution in [0.15, 0.2) is 48.5 Å². The normalized spacial score (nSPS) is 19.5. The summed E-state index contributed by atoms with van der Waals surface area (Å²) in [6.45, 7) is 7.53. The summed E-state index contributed by atoms with van der Waals surface area (Å²) in [6, 6.07) is 15.3. The summed E-state index contributed by atoms with van der Waals surface area (Å²) >= 11 is 0.